The van der Waals surface area contributed by atoms with E-state index in [1.807, 2.05) is 0 Å². The van der Waals surface area contributed by atoms with Crippen LogP contribution in [0.15, 0.2) is 24.3 Å². The molecule has 2 heteroatoms. The fraction of sp³-hybridized carbons (Fsp3) is 0.684. The Morgan fingerprint density at radius 3 is 2.71 bits per heavy atom. The number of nitrogens with zero attached hydrogens (tertiary/aromatic N) is 1. The summed E-state index contributed by atoms with van der Waals surface area (Å²) < 4.78 is 0. The minimum atomic E-state index is 0.217. The van der Waals surface area contributed by atoms with Gasteiger partial charge in [0.2, 0.25) is 0 Å². The van der Waals surface area contributed by atoms with Crippen molar-refractivity contribution < 1.29 is 0 Å². The highest BCUT2D eigenvalue weighted by molar-refractivity contribution is 5.28. The van der Waals surface area contributed by atoms with E-state index in [4.69, 9.17) is 5.73 Å². The van der Waals surface area contributed by atoms with Crippen molar-refractivity contribution >= 4 is 0 Å². The quantitative estimate of drug-likeness (QED) is 0.900. The molecule has 1 aliphatic heterocycles. The highest BCUT2D eigenvalue weighted by Crippen LogP contribution is 2.42. The maximum Gasteiger partial charge on any atom is 0.0363 e. The molecule has 0 radical (unpaired) electrons. The van der Waals surface area contributed by atoms with E-state index >= 15 is 0 Å². The Labute approximate surface area is 129 Å². The molecule has 1 heterocycles. The molecule has 2 N–H and O–H groups in total. The average molecular weight is 286 g/mol. The SMILES string of the molecule is CC1CCC(C)C(CN)(N2CCCc3ccccc3C2)C1. The van der Waals surface area contributed by atoms with Gasteiger partial charge in [0.25, 0.3) is 0 Å². The zero-order chi connectivity index (χ0) is 14.9. The molecule has 1 fully saturated rings. The Morgan fingerprint density at radius 2 is 1.95 bits per heavy atom. The lowest BCUT2D eigenvalue weighted by Crippen LogP contribution is -2.60. The van der Waals surface area contributed by atoms with E-state index in [9.17, 15) is 0 Å². The van der Waals surface area contributed by atoms with Crippen molar-refractivity contribution in [1.29, 1.82) is 0 Å². The predicted octanol–water partition coefficient (Wildman–Crippen LogP) is 3.59. The van der Waals surface area contributed by atoms with Crippen LogP contribution in [0.4, 0.5) is 0 Å². The molecule has 0 spiro atoms. The van der Waals surface area contributed by atoms with Gasteiger partial charge in [0.05, 0.1) is 0 Å². The van der Waals surface area contributed by atoms with E-state index in [1.165, 1.54) is 44.2 Å². The van der Waals surface area contributed by atoms with E-state index in [-0.39, 0.29) is 5.54 Å². The van der Waals surface area contributed by atoms with Gasteiger partial charge in [0, 0.05) is 18.6 Å². The normalized spacial score (nSPS) is 34.2. The van der Waals surface area contributed by atoms with Gasteiger partial charge in [-0.3, -0.25) is 4.90 Å². The maximum absolute atomic E-state index is 6.35. The summed E-state index contributed by atoms with van der Waals surface area (Å²) in [7, 11) is 0. The fourth-order valence-corrected chi connectivity index (χ4v) is 4.65. The summed E-state index contributed by atoms with van der Waals surface area (Å²) in [6, 6.07) is 8.98. The summed E-state index contributed by atoms with van der Waals surface area (Å²) in [6.07, 6.45) is 6.45. The Balaban J connectivity index is 1.90. The van der Waals surface area contributed by atoms with Crippen molar-refractivity contribution in [2.75, 3.05) is 13.1 Å². The summed E-state index contributed by atoms with van der Waals surface area (Å²) in [5.41, 5.74) is 9.64. The lowest BCUT2D eigenvalue weighted by molar-refractivity contribution is -0.00895. The van der Waals surface area contributed by atoms with E-state index in [0.29, 0.717) is 5.92 Å². The second-order valence-corrected chi connectivity index (χ2v) is 7.39. The molecule has 2 nitrogen and oxygen atoms in total. The van der Waals surface area contributed by atoms with Gasteiger partial charge in [-0.25, -0.2) is 0 Å². The van der Waals surface area contributed by atoms with Crippen molar-refractivity contribution in [3.63, 3.8) is 0 Å². The molecule has 3 unspecified atom stereocenters. The molecule has 0 saturated heterocycles. The predicted molar refractivity (Wildman–Crippen MR) is 89.1 cm³/mol. The van der Waals surface area contributed by atoms with Gasteiger partial charge in [0.15, 0.2) is 0 Å². The second-order valence-electron chi connectivity index (χ2n) is 7.39. The Kier molecular flexibility index (Phi) is 4.37. The minimum Gasteiger partial charge on any atom is -0.329 e. The van der Waals surface area contributed by atoms with E-state index < -0.39 is 0 Å². The first kappa shape index (κ1) is 15.1. The summed E-state index contributed by atoms with van der Waals surface area (Å²) in [5.74, 6) is 1.52. The molecule has 0 bridgehead atoms. The highest BCUT2D eigenvalue weighted by Gasteiger charge is 2.44. The monoisotopic (exact) mass is 286 g/mol. The number of aryl methyl sites for hydroxylation is 1. The zero-order valence-electron chi connectivity index (χ0n) is 13.6. The van der Waals surface area contributed by atoms with Crippen LogP contribution in [0.1, 0.15) is 50.7 Å². The summed E-state index contributed by atoms with van der Waals surface area (Å²) in [4.78, 5) is 2.74. The molecule has 116 valence electrons. The average Bonchev–Trinajstić information content (AvgIpc) is 2.72. The first-order chi connectivity index (χ1) is 10.2. The van der Waals surface area contributed by atoms with Crippen LogP contribution in [-0.4, -0.2) is 23.5 Å². The number of hydrogen-bond donors (Lipinski definition) is 1. The van der Waals surface area contributed by atoms with E-state index in [2.05, 4.69) is 43.0 Å². The number of benzene rings is 1. The van der Waals surface area contributed by atoms with Crippen LogP contribution in [0.3, 0.4) is 0 Å². The topological polar surface area (TPSA) is 29.3 Å². The summed E-state index contributed by atoms with van der Waals surface area (Å²) in [6.45, 7) is 7.92. The van der Waals surface area contributed by atoms with Gasteiger partial charge in [-0.1, -0.05) is 44.5 Å². The van der Waals surface area contributed by atoms with Gasteiger partial charge >= 0.3 is 0 Å². The van der Waals surface area contributed by atoms with Crippen molar-refractivity contribution in [3.8, 4) is 0 Å². The summed E-state index contributed by atoms with van der Waals surface area (Å²) >= 11 is 0. The number of nitrogens with two attached hydrogens (primary N) is 1. The van der Waals surface area contributed by atoms with Gasteiger partial charge in [0.1, 0.15) is 0 Å². The van der Waals surface area contributed by atoms with Gasteiger partial charge < -0.3 is 5.73 Å². The van der Waals surface area contributed by atoms with E-state index in [1.54, 1.807) is 5.56 Å². The molecule has 0 aromatic heterocycles. The number of fused-ring (bicyclic) bond motifs is 1. The smallest absolute Gasteiger partial charge is 0.0363 e. The van der Waals surface area contributed by atoms with Gasteiger partial charge in [-0.2, -0.15) is 0 Å². The molecule has 1 aromatic carbocycles. The van der Waals surface area contributed by atoms with Crippen LogP contribution in [0.25, 0.3) is 0 Å². The van der Waals surface area contributed by atoms with Crippen LogP contribution in [-0.2, 0) is 13.0 Å². The molecular weight excluding hydrogens is 256 g/mol. The van der Waals surface area contributed by atoms with Crippen LogP contribution in [0.2, 0.25) is 0 Å². The Hall–Kier alpha value is -0.860. The van der Waals surface area contributed by atoms with Crippen molar-refractivity contribution in [3.05, 3.63) is 35.4 Å². The van der Waals surface area contributed by atoms with Crippen molar-refractivity contribution in [2.45, 2.75) is 58.0 Å². The first-order valence-corrected chi connectivity index (χ1v) is 8.67. The Morgan fingerprint density at radius 1 is 1.19 bits per heavy atom. The van der Waals surface area contributed by atoms with Crippen LogP contribution in [0, 0.1) is 11.8 Å². The minimum absolute atomic E-state index is 0.217. The number of hydrogen-bond acceptors (Lipinski definition) is 2. The molecule has 0 amide bonds. The fourth-order valence-electron chi connectivity index (χ4n) is 4.65. The standard InChI is InChI=1S/C19H30N2/c1-15-9-10-16(2)19(12-15,14-20)21-11-5-8-17-6-3-4-7-18(17)13-21/h3-4,6-7,15-16H,5,8-14,20H2,1-2H3. The second kappa shape index (κ2) is 6.10. The molecule has 3 rings (SSSR count). The zero-order valence-corrected chi connectivity index (χ0v) is 13.6. The van der Waals surface area contributed by atoms with Crippen molar-refractivity contribution in [2.24, 2.45) is 17.6 Å². The third kappa shape index (κ3) is 2.76. The largest absolute Gasteiger partial charge is 0.329 e. The third-order valence-corrected chi connectivity index (χ3v) is 6.05. The molecule has 1 aromatic rings. The third-order valence-electron chi connectivity index (χ3n) is 6.05. The molecule has 21 heavy (non-hydrogen) atoms. The summed E-state index contributed by atoms with van der Waals surface area (Å²) in [5, 5.41) is 0. The number of rotatable bonds is 2. The van der Waals surface area contributed by atoms with Crippen molar-refractivity contribution in [1.82, 2.24) is 4.90 Å². The molecule has 2 aliphatic rings. The van der Waals surface area contributed by atoms with Crippen LogP contribution in [0.5, 0.6) is 0 Å². The molecule has 1 aliphatic carbocycles. The lowest BCUT2D eigenvalue weighted by atomic mass is 9.68. The van der Waals surface area contributed by atoms with Crippen LogP contribution < -0.4 is 5.73 Å². The lowest BCUT2D eigenvalue weighted by Gasteiger charge is -2.51. The molecule has 3 atom stereocenters. The molecule has 1 saturated carbocycles. The highest BCUT2D eigenvalue weighted by atomic mass is 15.2. The van der Waals surface area contributed by atoms with Crippen LogP contribution >= 0.6 is 0 Å². The van der Waals surface area contributed by atoms with Gasteiger partial charge in [-0.15, -0.1) is 0 Å². The van der Waals surface area contributed by atoms with E-state index in [0.717, 1.165) is 19.0 Å². The van der Waals surface area contributed by atoms with Gasteiger partial charge in [-0.05, 0) is 55.2 Å². The first-order valence-electron chi connectivity index (χ1n) is 8.67. The maximum atomic E-state index is 6.35. The Bertz CT molecular complexity index is 484. The molecular formula is C19H30N2.